The monoisotopic (exact) mass is 304 g/mol. The van der Waals surface area contributed by atoms with E-state index in [2.05, 4.69) is 20.8 Å². The fourth-order valence-electron chi connectivity index (χ4n) is 1.87. The molecular formula is C15H20N4O3. The molecule has 7 heteroatoms. The van der Waals surface area contributed by atoms with Crippen LogP contribution in [0.2, 0.25) is 0 Å². The van der Waals surface area contributed by atoms with E-state index in [9.17, 15) is 4.79 Å². The summed E-state index contributed by atoms with van der Waals surface area (Å²) in [6.07, 6.45) is 0. The molecule has 0 aliphatic heterocycles. The summed E-state index contributed by atoms with van der Waals surface area (Å²) in [5, 5.41) is 13.7. The van der Waals surface area contributed by atoms with Crippen molar-refractivity contribution in [3.05, 3.63) is 36.0 Å². The predicted octanol–water partition coefficient (Wildman–Crippen LogP) is 2.07. The van der Waals surface area contributed by atoms with Crippen LogP contribution in [0.3, 0.4) is 0 Å². The highest BCUT2D eigenvalue weighted by atomic mass is 16.5. The Labute approximate surface area is 129 Å². The molecule has 0 radical (unpaired) electrons. The van der Waals surface area contributed by atoms with Crippen molar-refractivity contribution in [3.8, 4) is 5.75 Å². The molecule has 2 rings (SSSR count). The molecule has 7 nitrogen and oxygen atoms in total. The van der Waals surface area contributed by atoms with Gasteiger partial charge in [-0.2, -0.15) is 0 Å². The number of anilines is 1. The van der Waals surface area contributed by atoms with Crippen LogP contribution in [0, 0.1) is 6.92 Å². The molecule has 1 aromatic carbocycles. The smallest absolute Gasteiger partial charge is 0.257 e. The second-order valence-electron chi connectivity index (χ2n) is 4.80. The van der Waals surface area contributed by atoms with E-state index in [1.165, 1.54) is 0 Å². The van der Waals surface area contributed by atoms with E-state index in [1.807, 2.05) is 32.0 Å². The minimum absolute atomic E-state index is 0.00426. The van der Waals surface area contributed by atoms with E-state index in [-0.39, 0.29) is 18.6 Å². The maximum absolute atomic E-state index is 11.4. The van der Waals surface area contributed by atoms with Gasteiger partial charge in [-0.15, -0.1) is 10.2 Å². The molecule has 2 aromatic rings. The van der Waals surface area contributed by atoms with Crippen LogP contribution >= 0.6 is 0 Å². The lowest BCUT2D eigenvalue weighted by Crippen LogP contribution is -2.28. The number of benzene rings is 1. The van der Waals surface area contributed by atoms with Crippen molar-refractivity contribution in [3.63, 3.8) is 0 Å². The van der Waals surface area contributed by atoms with Gasteiger partial charge in [0.25, 0.3) is 5.91 Å². The SMILES string of the molecule is CCNC(=O)COc1cccc(N[C@H](C)c2nnc(C)o2)c1. The Hall–Kier alpha value is -2.57. The molecule has 0 saturated carbocycles. The maximum atomic E-state index is 11.4. The van der Waals surface area contributed by atoms with Crippen molar-refractivity contribution in [1.29, 1.82) is 0 Å². The number of aryl methyl sites for hydroxylation is 1. The van der Waals surface area contributed by atoms with Crippen LogP contribution in [0.1, 0.15) is 31.7 Å². The molecule has 1 heterocycles. The zero-order valence-corrected chi connectivity index (χ0v) is 12.9. The number of ether oxygens (including phenoxy) is 1. The van der Waals surface area contributed by atoms with Crippen molar-refractivity contribution in [1.82, 2.24) is 15.5 Å². The van der Waals surface area contributed by atoms with Gasteiger partial charge >= 0.3 is 0 Å². The van der Waals surface area contributed by atoms with Gasteiger partial charge in [-0.05, 0) is 26.0 Å². The van der Waals surface area contributed by atoms with E-state index < -0.39 is 0 Å². The molecule has 0 aliphatic rings. The number of nitrogens with one attached hydrogen (secondary N) is 2. The highest BCUT2D eigenvalue weighted by molar-refractivity contribution is 5.77. The summed E-state index contributed by atoms with van der Waals surface area (Å²) in [6, 6.07) is 7.24. The summed E-state index contributed by atoms with van der Waals surface area (Å²) >= 11 is 0. The number of hydrogen-bond donors (Lipinski definition) is 2. The lowest BCUT2D eigenvalue weighted by atomic mass is 10.2. The molecule has 2 N–H and O–H groups in total. The van der Waals surface area contributed by atoms with Gasteiger partial charge in [0.05, 0.1) is 0 Å². The molecule has 1 aromatic heterocycles. The number of carbonyl (C=O) groups excluding carboxylic acids is 1. The second-order valence-corrected chi connectivity index (χ2v) is 4.80. The number of likely N-dealkylation sites (N-methyl/N-ethyl adjacent to an activating group) is 1. The topological polar surface area (TPSA) is 89.3 Å². The Bertz CT molecular complexity index is 627. The minimum atomic E-state index is -0.143. The van der Waals surface area contributed by atoms with Gasteiger partial charge in [-0.25, -0.2) is 0 Å². The Morgan fingerprint density at radius 2 is 2.23 bits per heavy atom. The largest absolute Gasteiger partial charge is 0.484 e. The second kappa shape index (κ2) is 7.44. The van der Waals surface area contributed by atoms with Gasteiger partial charge in [0.2, 0.25) is 11.8 Å². The molecule has 1 amide bonds. The van der Waals surface area contributed by atoms with Crippen molar-refractivity contribution >= 4 is 11.6 Å². The molecule has 0 aliphatic carbocycles. The summed E-state index contributed by atoms with van der Waals surface area (Å²) in [7, 11) is 0. The fourth-order valence-corrected chi connectivity index (χ4v) is 1.87. The van der Waals surface area contributed by atoms with E-state index in [0.717, 1.165) is 5.69 Å². The first-order valence-electron chi connectivity index (χ1n) is 7.14. The normalized spacial score (nSPS) is 11.8. The van der Waals surface area contributed by atoms with Crippen molar-refractivity contribution in [2.24, 2.45) is 0 Å². The quantitative estimate of drug-likeness (QED) is 0.814. The molecule has 0 fully saturated rings. The number of rotatable bonds is 7. The van der Waals surface area contributed by atoms with Crippen LogP contribution in [0.15, 0.2) is 28.7 Å². The van der Waals surface area contributed by atoms with Gasteiger partial charge in [0.15, 0.2) is 6.61 Å². The first kappa shape index (κ1) is 15.8. The third-order valence-corrected chi connectivity index (χ3v) is 2.87. The average molecular weight is 304 g/mol. The van der Waals surface area contributed by atoms with Crippen LogP contribution in [0.5, 0.6) is 5.75 Å². The first-order chi connectivity index (χ1) is 10.6. The molecule has 22 heavy (non-hydrogen) atoms. The summed E-state index contributed by atoms with van der Waals surface area (Å²) < 4.78 is 10.8. The summed E-state index contributed by atoms with van der Waals surface area (Å²) in [5.74, 6) is 1.52. The number of aromatic nitrogens is 2. The molecule has 1 atom stereocenters. The standard InChI is InChI=1S/C15H20N4O3/c1-4-16-14(20)9-21-13-7-5-6-12(8-13)17-10(2)15-19-18-11(3)22-15/h5-8,10,17H,4,9H2,1-3H3,(H,16,20)/t10-/m1/s1. The molecule has 118 valence electrons. The number of carbonyl (C=O) groups is 1. The van der Waals surface area contributed by atoms with Gasteiger partial charge < -0.3 is 19.8 Å². The Balaban J connectivity index is 1.94. The van der Waals surface area contributed by atoms with Gasteiger partial charge in [0, 0.05) is 25.2 Å². The number of hydrogen-bond acceptors (Lipinski definition) is 6. The maximum Gasteiger partial charge on any atom is 0.257 e. The number of amides is 1. The summed E-state index contributed by atoms with van der Waals surface area (Å²) in [5.41, 5.74) is 0.844. The van der Waals surface area contributed by atoms with Crippen LogP contribution < -0.4 is 15.4 Å². The van der Waals surface area contributed by atoms with Crippen molar-refractivity contribution in [2.75, 3.05) is 18.5 Å². The number of nitrogens with zero attached hydrogens (tertiary/aromatic N) is 2. The highest BCUT2D eigenvalue weighted by Gasteiger charge is 2.12. The Morgan fingerprint density at radius 3 is 2.91 bits per heavy atom. The average Bonchev–Trinajstić information content (AvgIpc) is 2.93. The third kappa shape index (κ3) is 4.47. The predicted molar refractivity (Wildman–Crippen MR) is 81.7 cm³/mol. The first-order valence-corrected chi connectivity index (χ1v) is 7.14. The zero-order valence-electron chi connectivity index (χ0n) is 12.9. The summed E-state index contributed by atoms with van der Waals surface area (Å²) in [4.78, 5) is 11.4. The Morgan fingerprint density at radius 1 is 1.41 bits per heavy atom. The van der Waals surface area contributed by atoms with Crippen molar-refractivity contribution < 1.29 is 13.9 Å². The molecule has 0 bridgehead atoms. The summed E-state index contributed by atoms with van der Waals surface area (Å²) in [6.45, 7) is 6.12. The minimum Gasteiger partial charge on any atom is -0.484 e. The van der Waals surface area contributed by atoms with Gasteiger partial charge in [-0.1, -0.05) is 6.07 Å². The molecule has 0 spiro atoms. The van der Waals surface area contributed by atoms with Gasteiger partial charge in [0.1, 0.15) is 11.8 Å². The molecular weight excluding hydrogens is 284 g/mol. The zero-order chi connectivity index (χ0) is 15.9. The molecule has 0 saturated heterocycles. The van der Waals surface area contributed by atoms with E-state index >= 15 is 0 Å². The van der Waals surface area contributed by atoms with Crippen LogP contribution in [-0.4, -0.2) is 29.3 Å². The lowest BCUT2D eigenvalue weighted by Gasteiger charge is -2.13. The van der Waals surface area contributed by atoms with E-state index in [4.69, 9.17) is 9.15 Å². The van der Waals surface area contributed by atoms with Gasteiger partial charge in [-0.3, -0.25) is 4.79 Å². The van der Waals surface area contributed by atoms with Crippen LogP contribution in [0.4, 0.5) is 5.69 Å². The Kier molecular flexibility index (Phi) is 5.35. The highest BCUT2D eigenvalue weighted by Crippen LogP contribution is 2.22. The third-order valence-electron chi connectivity index (χ3n) is 2.87. The lowest BCUT2D eigenvalue weighted by molar-refractivity contribution is -0.122. The fraction of sp³-hybridized carbons (Fsp3) is 0.400. The van der Waals surface area contributed by atoms with Crippen molar-refractivity contribution in [2.45, 2.75) is 26.8 Å². The van der Waals surface area contributed by atoms with Crippen LogP contribution in [-0.2, 0) is 4.79 Å². The van der Waals surface area contributed by atoms with E-state index in [1.54, 1.807) is 13.0 Å². The molecule has 0 unspecified atom stereocenters. The van der Waals surface area contributed by atoms with Crippen LogP contribution in [0.25, 0.3) is 0 Å². The van der Waals surface area contributed by atoms with E-state index in [0.29, 0.717) is 24.1 Å².